The highest BCUT2D eigenvalue weighted by Gasteiger charge is 2.33. The predicted molar refractivity (Wildman–Crippen MR) is 112 cm³/mol. The monoisotopic (exact) mass is 427 g/mol. The van der Waals surface area contributed by atoms with E-state index in [9.17, 15) is 19.5 Å². The number of anilines is 1. The van der Waals surface area contributed by atoms with Crippen molar-refractivity contribution in [3.63, 3.8) is 0 Å². The van der Waals surface area contributed by atoms with Crippen molar-refractivity contribution < 1.29 is 24.2 Å². The Morgan fingerprint density at radius 2 is 2.00 bits per heavy atom. The molecule has 1 saturated heterocycles. The summed E-state index contributed by atoms with van der Waals surface area (Å²) in [5.41, 5.74) is 0.997. The fourth-order valence-electron chi connectivity index (χ4n) is 2.59. The van der Waals surface area contributed by atoms with E-state index in [1.807, 2.05) is 6.07 Å². The van der Waals surface area contributed by atoms with Crippen LogP contribution >= 0.6 is 24.0 Å². The minimum atomic E-state index is -1.35. The third-order valence-corrected chi connectivity index (χ3v) is 5.33. The molecule has 2 aromatic rings. The molecule has 0 unspecified atom stereocenters. The minimum Gasteiger partial charge on any atom is -0.545 e. The molecule has 0 bridgehead atoms. The Balaban J connectivity index is 1.69. The summed E-state index contributed by atoms with van der Waals surface area (Å²) in [5.74, 6) is -1.56. The largest absolute Gasteiger partial charge is 0.545 e. The van der Waals surface area contributed by atoms with Crippen molar-refractivity contribution in [3.8, 4) is 5.75 Å². The van der Waals surface area contributed by atoms with Gasteiger partial charge in [-0.25, -0.2) is 0 Å². The van der Waals surface area contributed by atoms with Gasteiger partial charge in [-0.15, -0.1) is 0 Å². The lowest BCUT2D eigenvalue weighted by atomic mass is 10.2. The molecule has 1 fully saturated rings. The average Bonchev–Trinajstić information content (AvgIpc) is 2.95. The summed E-state index contributed by atoms with van der Waals surface area (Å²) in [6, 6.07) is 12.9. The maximum absolute atomic E-state index is 12.7. The van der Waals surface area contributed by atoms with Gasteiger partial charge in [0, 0.05) is 5.69 Å². The molecule has 0 aromatic heterocycles. The fourth-order valence-corrected chi connectivity index (χ4v) is 3.84. The number of carboxylic acids is 1. The number of carbonyl (C=O) groups excluding carboxylic acids is 3. The fraction of sp³-hybridized carbons (Fsp3) is 0.100. The number of carbonyl (C=O) groups is 3. The summed E-state index contributed by atoms with van der Waals surface area (Å²) >= 11 is 6.34. The van der Waals surface area contributed by atoms with E-state index >= 15 is 0 Å². The van der Waals surface area contributed by atoms with Gasteiger partial charge in [-0.05, 0) is 41.5 Å². The maximum Gasteiger partial charge on any atom is 0.266 e. The highest BCUT2D eigenvalue weighted by molar-refractivity contribution is 8.26. The van der Waals surface area contributed by atoms with Gasteiger partial charge in [0.15, 0.2) is 0 Å². The third kappa shape index (κ3) is 5.01. The Hall–Kier alpha value is -3.17. The average molecular weight is 427 g/mol. The van der Waals surface area contributed by atoms with Gasteiger partial charge in [0.2, 0.25) is 5.91 Å². The number of rotatable bonds is 6. The number of thioether (sulfide) groups is 1. The molecule has 2 aromatic carbocycles. The molecule has 1 aliphatic heterocycles. The van der Waals surface area contributed by atoms with Crippen LogP contribution in [0.3, 0.4) is 0 Å². The Bertz CT molecular complexity index is 1040. The van der Waals surface area contributed by atoms with Crippen LogP contribution in [0, 0.1) is 0 Å². The number of aromatic carboxylic acids is 1. The third-order valence-electron chi connectivity index (χ3n) is 3.95. The van der Waals surface area contributed by atoms with E-state index < -0.39 is 11.9 Å². The van der Waals surface area contributed by atoms with E-state index in [1.165, 1.54) is 29.2 Å². The second kappa shape index (κ2) is 8.89. The van der Waals surface area contributed by atoms with E-state index in [0.29, 0.717) is 10.7 Å². The van der Waals surface area contributed by atoms with Crippen molar-refractivity contribution in [2.75, 3.05) is 19.0 Å². The SMILES string of the molecule is COc1cccc(/C=C2\SC(=S)N(CC(=O)Nc3cccc(C(=O)[O-])c3)C2=O)c1. The number of ether oxygens (including phenoxy) is 1. The van der Waals surface area contributed by atoms with Gasteiger partial charge in [0.1, 0.15) is 16.6 Å². The Kier molecular flexibility index (Phi) is 6.30. The molecule has 7 nitrogen and oxygen atoms in total. The molecule has 0 atom stereocenters. The summed E-state index contributed by atoms with van der Waals surface area (Å²) in [4.78, 5) is 37.5. The number of thiocarbonyl (C=S) groups is 1. The van der Waals surface area contributed by atoms with Crippen molar-refractivity contribution in [2.24, 2.45) is 0 Å². The first-order valence-electron chi connectivity index (χ1n) is 8.38. The number of nitrogens with zero attached hydrogens (tertiary/aromatic N) is 1. The lowest BCUT2D eigenvalue weighted by Crippen LogP contribution is -2.36. The van der Waals surface area contributed by atoms with Gasteiger partial charge in [-0.1, -0.05) is 48.2 Å². The van der Waals surface area contributed by atoms with Crippen LogP contribution < -0.4 is 15.2 Å². The molecule has 0 aliphatic carbocycles. The smallest absolute Gasteiger partial charge is 0.266 e. The highest BCUT2D eigenvalue weighted by atomic mass is 32.2. The summed E-state index contributed by atoms with van der Waals surface area (Å²) in [6.07, 6.45) is 1.68. The van der Waals surface area contributed by atoms with Crippen LogP contribution in [0.4, 0.5) is 5.69 Å². The topological polar surface area (TPSA) is 98.8 Å². The molecule has 148 valence electrons. The number of methoxy groups -OCH3 is 1. The zero-order valence-corrected chi connectivity index (χ0v) is 16.8. The number of hydrogen-bond acceptors (Lipinski definition) is 7. The van der Waals surface area contributed by atoms with Crippen LogP contribution in [-0.4, -0.2) is 40.7 Å². The summed E-state index contributed by atoms with van der Waals surface area (Å²) in [7, 11) is 1.56. The van der Waals surface area contributed by atoms with E-state index in [1.54, 1.807) is 31.4 Å². The number of amides is 2. The lowest BCUT2D eigenvalue weighted by molar-refractivity contribution is -0.255. The Morgan fingerprint density at radius 3 is 2.72 bits per heavy atom. The number of nitrogens with one attached hydrogen (secondary N) is 1. The van der Waals surface area contributed by atoms with Crippen molar-refractivity contribution >= 4 is 57.8 Å². The molecular weight excluding hydrogens is 412 g/mol. The van der Waals surface area contributed by atoms with Gasteiger partial charge in [0.25, 0.3) is 5.91 Å². The first-order chi connectivity index (χ1) is 13.9. The first-order valence-corrected chi connectivity index (χ1v) is 9.60. The Labute approximate surface area is 176 Å². The lowest BCUT2D eigenvalue weighted by Gasteiger charge is -2.14. The zero-order chi connectivity index (χ0) is 21.0. The molecule has 1 aliphatic rings. The summed E-state index contributed by atoms with van der Waals surface area (Å²) in [5, 5.41) is 13.5. The maximum atomic E-state index is 12.7. The zero-order valence-electron chi connectivity index (χ0n) is 15.2. The van der Waals surface area contributed by atoms with E-state index in [0.717, 1.165) is 17.3 Å². The predicted octanol–water partition coefficient (Wildman–Crippen LogP) is 1.90. The van der Waals surface area contributed by atoms with Gasteiger partial charge >= 0.3 is 0 Å². The van der Waals surface area contributed by atoms with Gasteiger partial charge in [-0.2, -0.15) is 0 Å². The standard InChI is InChI=1S/C20H16N2O5S2/c1-27-15-7-2-4-12(8-15)9-16-18(24)22(20(28)29-16)11-17(23)21-14-6-3-5-13(10-14)19(25)26/h2-10H,11H2,1H3,(H,21,23)(H,25,26)/p-1/b16-9-. The second-order valence-corrected chi connectivity index (χ2v) is 7.64. The van der Waals surface area contributed by atoms with Crippen molar-refractivity contribution in [2.45, 2.75) is 0 Å². The van der Waals surface area contributed by atoms with Crippen molar-refractivity contribution in [1.82, 2.24) is 4.90 Å². The van der Waals surface area contributed by atoms with Crippen LogP contribution in [0.25, 0.3) is 6.08 Å². The molecule has 29 heavy (non-hydrogen) atoms. The Morgan fingerprint density at radius 1 is 1.24 bits per heavy atom. The van der Waals surface area contributed by atoms with E-state index in [-0.39, 0.29) is 28.0 Å². The summed E-state index contributed by atoms with van der Waals surface area (Å²) in [6.45, 7) is -0.282. The quantitative estimate of drug-likeness (QED) is 0.555. The highest BCUT2D eigenvalue weighted by Crippen LogP contribution is 2.32. The molecular formula is C20H15N2O5S2-. The molecule has 1 heterocycles. The molecule has 3 rings (SSSR count). The summed E-state index contributed by atoms with van der Waals surface area (Å²) < 4.78 is 5.44. The number of benzene rings is 2. The van der Waals surface area contributed by atoms with Crippen molar-refractivity contribution in [1.29, 1.82) is 0 Å². The second-order valence-electron chi connectivity index (χ2n) is 5.96. The normalized spacial score (nSPS) is 14.9. The van der Waals surface area contributed by atoms with E-state index in [4.69, 9.17) is 17.0 Å². The molecule has 1 N–H and O–H groups in total. The minimum absolute atomic E-state index is 0.0605. The molecule has 2 amide bonds. The van der Waals surface area contributed by atoms with Crippen LogP contribution in [-0.2, 0) is 9.59 Å². The van der Waals surface area contributed by atoms with Crippen LogP contribution in [0.5, 0.6) is 5.75 Å². The molecule has 0 radical (unpaired) electrons. The number of carboxylic acid groups (broad SMARTS) is 1. The van der Waals surface area contributed by atoms with Crippen LogP contribution in [0.15, 0.2) is 53.4 Å². The molecule has 0 saturated carbocycles. The molecule has 0 spiro atoms. The van der Waals surface area contributed by atoms with Gasteiger partial charge < -0.3 is 20.0 Å². The van der Waals surface area contributed by atoms with Crippen LogP contribution in [0.2, 0.25) is 0 Å². The first kappa shape index (κ1) is 20.6. The number of hydrogen-bond donors (Lipinski definition) is 1. The van der Waals surface area contributed by atoms with Crippen molar-refractivity contribution in [3.05, 3.63) is 64.6 Å². The van der Waals surface area contributed by atoms with Gasteiger partial charge in [-0.3, -0.25) is 14.5 Å². The van der Waals surface area contributed by atoms with E-state index in [2.05, 4.69) is 5.32 Å². The van der Waals surface area contributed by atoms with Gasteiger partial charge in [0.05, 0.1) is 18.0 Å². The van der Waals surface area contributed by atoms with Crippen LogP contribution in [0.1, 0.15) is 15.9 Å². The molecule has 9 heteroatoms.